The van der Waals surface area contributed by atoms with Crippen LogP contribution in [-0.4, -0.2) is 79.7 Å². The Labute approximate surface area is 290 Å². The zero-order valence-corrected chi connectivity index (χ0v) is 30.8. The minimum atomic E-state index is -3.01. The van der Waals surface area contributed by atoms with Gasteiger partial charge in [0.1, 0.15) is 26.8 Å². The lowest BCUT2D eigenvalue weighted by atomic mass is 9.71. The van der Waals surface area contributed by atoms with E-state index in [-0.39, 0.29) is 17.2 Å². The Balaban J connectivity index is 1.61. The second-order valence-corrected chi connectivity index (χ2v) is 17.4. The molecule has 0 saturated carbocycles. The van der Waals surface area contributed by atoms with Gasteiger partial charge in [0.25, 0.3) is 0 Å². The summed E-state index contributed by atoms with van der Waals surface area (Å²) in [6.07, 6.45) is 1.85. The molecule has 0 aliphatic carbocycles. The Bertz CT molecular complexity index is 1760. The Morgan fingerprint density at radius 2 is 1.43 bits per heavy atom. The van der Waals surface area contributed by atoms with Gasteiger partial charge in [0.05, 0.1) is 5.75 Å². The molecule has 2 atom stereocenters. The molecule has 0 unspecified atom stereocenters. The van der Waals surface area contributed by atoms with E-state index >= 15 is 4.79 Å². The van der Waals surface area contributed by atoms with E-state index in [1.165, 1.54) is 11.8 Å². The van der Waals surface area contributed by atoms with E-state index in [0.717, 1.165) is 22.3 Å². The Morgan fingerprint density at radius 3 is 1.94 bits per heavy atom. The van der Waals surface area contributed by atoms with E-state index in [1.54, 1.807) is 0 Å². The second-order valence-electron chi connectivity index (χ2n) is 14.3. The third-order valence-electron chi connectivity index (χ3n) is 9.91. The maximum atomic E-state index is 15.0. The van der Waals surface area contributed by atoms with Gasteiger partial charge in [0.15, 0.2) is 0 Å². The summed E-state index contributed by atoms with van der Waals surface area (Å²) < 4.78 is 23.3. The van der Waals surface area contributed by atoms with Crippen molar-refractivity contribution >= 4 is 44.9 Å². The van der Waals surface area contributed by atoms with Gasteiger partial charge in [0, 0.05) is 48.0 Å². The quantitative estimate of drug-likeness (QED) is 0.254. The van der Waals surface area contributed by atoms with Crippen molar-refractivity contribution < 1.29 is 13.2 Å². The lowest BCUT2D eigenvalue weighted by Crippen LogP contribution is -2.60. The molecule has 5 rings (SSSR count). The van der Waals surface area contributed by atoms with Crippen LogP contribution in [0.3, 0.4) is 0 Å². The van der Waals surface area contributed by atoms with Crippen LogP contribution in [0, 0.1) is 6.92 Å². The summed E-state index contributed by atoms with van der Waals surface area (Å²) >= 11 is 12.7. The van der Waals surface area contributed by atoms with E-state index in [0.29, 0.717) is 55.0 Å². The van der Waals surface area contributed by atoms with E-state index in [4.69, 9.17) is 28.2 Å². The number of hydrogen-bond donors (Lipinski definition) is 0. The number of aliphatic imine (C=N–C) groups is 1. The van der Waals surface area contributed by atoms with Gasteiger partial charge in [-0.25, -0.2) is 13.2 Å². The largest absolute Gasteiger partial charge is 0.326 e. The van der Waals surface area contributed by atoms with Gasteiger partial charge in [-0.05, 0) is 85.7 Å². The van der Waals surface area contributed by atoms with Crippen molar-refractivity contribution in [2.45, 2.75) is 64.5 Å². The number of rotatable bonds is 7. The number of carbonyl (C=O) groups is 1. The summed E-state index contributed by atoms with van der Waals surface area (Å²) in [6, 6.07) is 21.8. The number of halogens is 2. The lowest BCUT2D eigenvalue weighted by molar-refractivity contribution is 0.0868. The number of urea groups is 1. The molecule has 1 fully saturated rings. The zero-order valence-electron chi connectivity index (χ0n) is 28.5. The van der Waals surface area contributed by atoms with Crippen LogP contribution < -0.4 is 0 Å². The van der Waals surface area contributed by atoms with Gasteiger partial charge in [-0.3, -0.25) is 14.8 Å². The predicted octanol–water partition coefficient (Wildman–Crippen LogP) is 7.66. The minimum absolute atomic E-state index is 0.0348. The molecular weight excluding hydrogens is 651 g/mol. The maximum absolute atomic E-state index is 15.0. The molecule has 3 aromatic rings. The van der Waals surface area contributed by atoms with Gasteiger partial charge < -0.3 is 4.90 Å². The Kier molecular flexibility index (Phi) is 9.93. The van der Waals surface area contributed by atoms with Crippen LogP contribution in [0.25, 0.3) is 0 Å². The molecule has 0 bridgehead atoms. The van der Waals surface area contributed by atoms with Crippen LogP contribution in [-0.2, 0) is 26.3 Å². The van der Waals surface area contributed by atoms with Gasteiger partial charge >= 0.3 is 6.03 Å². The standard InChI is InChI=1S/C37H46Cl2N4O3S/c1-26-25-29(35(2,3)4)13-18-32(26)33-40-36(5,27-9-14-30(38)15-10-27)37(6,28-11-16-31(39)17-12-28)43(33)34(44)42-22-20-41(21-23-42)19-8-24-47(7,45)46/h9-18,25H,8,19-24H2,1-7H3/t36-,37+/m0/s1. The first-order valence-electron chi connectivity index (χ1n) is 16.2. The van der Waals surface area contributed by atoms with E-state index in [9.17, 15) is 8.42 Å². The van der Waals surface area contributed by atoms with E-state index < -0.39 is 20.9 Å². The number of sulfone groups is 1. The van der Waals surface area contributed by atoms with Crippen LogP contribution in [0.1, 0.15) is 68.9 Å². The van der Waals surface area contributed by atoms with E-state index in [2.05, 4.69) is 64.6 Å². The number of amidine groups is 1. The number of aryl methyl sites for hydroxylation is 1. The van der Waals surface area contributed by atoms with Crippen molar-refractivity contribution in [2.75, 3.05) is 44.7 Å². The predicted molar refractivity (Wildman–Crippen MR) is 194 cm³/mol. The van der Waals surface area contributed by atoms with Gasteiger partial charge in [-0.15, -0.1) is 0 Å². The van der Waals surface area contributed by atoms with Gasteiger partial charge in [0.2, 0.25) is 0 Å². The van der Waals surface area contributed by atoms with Crippen molar-refractivity contribution in [3.05, 3.63) is 105 Å². The van der Waals surface area contributed by atoms with Crippen molar-refractivity contribution in [2.24, 2.45) is 4.99 Å². The second kappa shape index (κ2) is 13.2. The summed E-state index contributed by atoms with van der Waals surface area (Å²) in [5, 5.41) is 1.24. The molecule has 0 N–H and O–H groups in total. The fourth-order valence-corrected chi connectivity index (χ4v) is 7.71. The fraction of sp³-hybridized carbons (Fsp3) is 0.459. The van der Waals surface area contributed by atoms with Crippen LogP contribution in [0.15, 0.2) is 71.7 Å². The van der Waals surface area contributed by atoms with Gasteiger partial charge in [-0.1, -0.05) is 86.4 Å². The highest BCUT2D eigenvalue weighted by atomic mass is 35.5. The monoisotopic (exact) mass is 696 g/mol. The van der Waals surface area contributed by atoms with Crippen LogP contribution in [0.2, 0.25) is 10.0 Å². The summed E-state index contributed by atoms with van der Waals surface area (Å²) in [5.74, 6) is 0.786. The summed E-state index contributed by atoms with van der Waals surface area (Å²) in [6.45, 7) is 15.9. The molecule has 2 amide bonds. The number of piperazine rings is 1. The smallest absolute Gasteiger partial charge is 0.322 e. The third kappa shape index (κ3) is 7.12. The molecule has 2 aliphatic rings. The Hall–Kier alpha value is -2.91. The highest BCUT2D eigenvalue weighted by molar-refractivity contribution is 7.90. The molecule has 0 aromatic heterocycles. The third-order valence-corrected chi connectivity index (χ3v) is 11.4. The molecule has 2 aliphatic heterocycles. The van der Waals surface area contributed by atoms with Crippen molar-refractivity contribution in [1.82, 2.24) is 14.7 Å². The summed E-state index contributed by atoms with van der Waals surface area (Å²) in [4.78, 5) is 26.6. The first kappa shape index (κ1) is 35.4. The first-order valence-corrected chi connectivity index (χ1v) is 19.0. The fourth-order valence-electron chi connectivity index (χ4n) is 6.80. The molecule has 2 heterocycles. The minimum Gasteiger partial charge on any atom is -0.322 e. The number of benzene rings is 3. The molecule has 47 heavy (non-hydrogen) atoms. The average Bonchev–Trinajstić information content (AvgIpc) is 3.24. The molecule has 0 spiro atoms. The number of hydrogen-bond acceptors (Lipinski definition) is 5. The molecule has 10 heteroatoms. The van der Waals surface area contributed by atoms with Crippen LogP contribution in [0.5, 0.6) is 0 Å². The molecule has 3 aromatic carbocycles. The average molecular weight is 698 g/mol. The van der Waals surface area contributed by atoms with E-state index in [1.807, 2.05) is 58.3 Å². The number of carbonyl (C=O) groups excluding carboxylic acids is 1. The molecule has 1 saturated heterocycles. The SMILES string of the molecule is Cc1cc(C(C)(C)C)ccc1C1=N[C@@](C)(c2ccc(Cl)cc2)[C@@](C)(c2ccc(Cl)cc2)N1C(=O)N1CCN(CCCS(C)(=O)=O)CC1. The highest BCUT2D eigenvalue weighted by Crippen LogP contribution is 2.53. The summed E-state index contributed by atoms with van der Waals surface area (Å²) in [7, 11) is -3.01. The highest BCUT2D eigenvalue weighted by Gasteiger charge is 2.60. The van der Waals surface area contributed by atoms with Crippen molar-refractivity contribution in [3.8, 4) is 0 Å². The maximum Gasteiger partial charge on any atom is 0.326 e. The number of nitrogens with zero attached hydrogens (tertiary/aromatic N) is 4. The van der Waals surface area contributed by atoms with Gasteiger partial charge in [-0.2, -0.15) is 0 Å². The summed E-state index contributed by atoms with van der Waals surface area (Å²) in [5.41, 5.74) is 3.14. The number of amides is 2. The normalized spacial score (nSPS) is 22.4. The molecule has 252 valence electrons. The molecule has 7 nitrogen and oxygen atoms in total. The van der Waals surface area contributed by atoms with Crippen molar-refractivity contribution in [1.29, 1.82) is 0 Å². The molecule has 0 radical (unpaired) electrons. The van der Waals surface area contributed by atoms with Crippen LogP contribution in [0.4, 0.5) is 4.79 Å². The lowest BCUT2D eigenvalue weighted by Gasteiger charge is -2.47. The van der Waals surface area contributed by atoms with Crippen LogP contribution >= 0.6 is 23.2 Å². The zero-order chi connectivity index (χ0) is 34.4. The first-order chi connectivity index (χ1) is 21.9. The van der Waals surface area contributed by atoms with Crippen molar-refractivity contribution in [3.63, 3.8) is 0 Å². The topological polar surface area (TPSA) is 73.3 Å². The Morgan fingerprint density at radius 1 is 0.872 bits per heavy atom. The molecular formula is C37H46Cl2N4O3S.